The van der Waals surface area contributed by atoms with Crippen molar-refractivity contribution in [3.8, 4) is 0 Å². The van der Waals surface area contributed by atoms with Crippen LogP contribution < -0.4 is 5.32 Å². The normalized spacial score (nSPS) is 22.6. The van der Waals surface area contributed by atoms with Crippen LogP contribution in [0.4, 0.5) is 0 Å². The SMILES string of the molecule is CCCNC(c1occc1Br)C1CSCCS1. The van der Waals surface area contributed by atoms with E-state index in [0.29, 0.717) is 11.3 Å². The van der Waals surface area contributed by atoms with E-state index in [1.165, 1.54) is 17.3 Å². The molecule has 1 aromatic heterocycles. The maximum atomic E-state index is 5.64. The van der Waals surface area contributed by atoms with Gasteiger partial charge in [0.05, 0.1) is 16.8 Å². The summed E-state index contributed by atoms with van der Waals surface area (Å²) in [6.45, 7) is 3.24. The van der Waals surface area contributed by atoms with E-state index in [1.807, 2.05) is 6.07 Å². The first-order valence-electron chi connectivity index (χ1n) is 5.98. The van der Waals surface area contributed by atoms with Gasteiger partial charge in [-0.2, -0.15) is 23.5 Å². The second kappa shape index (κ2) is 7.12. The van der Waals surface area contributed by atoms with Crippen LogP contribution in [0.25, 0.3) is 0 Å². The quantitative estimate of drug-likeness (QED) is 0.881. The van der Waals surface area contributed by atoms with Crippen molar-refractivity contribution in [2.45, 2.75) is 24.6 Å². The predicted octanol–water partition coefficient (Wildman–Crippen LogP) is 3.93. The highest BCUT2D eigenvalue weighted by Crippen LogP contribution is 2.36. The Bertz CT molecular complexity index is 339. The molecule has 0 bridgehead atoms. The Hall–Kier alpha value is 0.420. The number of hydrogen-bond acceptors (Lipinski definition) is 4. The van der Waals surface area contributed by atoms with Gasteiger partial charge in [-0.25, -0.2) is 0 Å². The fourth-order valence-electron chi connectivity index (χ4n) is 1.92. The maximum absolute atomic E-state index is 5.64. The Morgan fingerprint density at radius 1 is 1.59 bits per heavy atom. The summed E-state index contributed by atoms with van der Waals surface area (Å²) in [5, 5.41) is 4.24. The molecule has 0 aromatic carbocycles. The third kappa shape index (κ3) is 3.69. The Labute approximate surface area is 120 Å². The molecular formula is C12H18BrNOS2. The van der Waals surface area contributed by atoms with Crippen LogP contribution in [-0.2, 0) is 0 Å². The van der Waals surface area contributed by atoms with Crippen LogP contribution in [0.5, 0.6) is 0 Å². The minimum absolute atomic E-state index is 0.331. The molecule has 2 unspecified atom stereocenters. The molecule has 1 aliphatic rings. The zero-order valence-electron chi connectivity index (χ0n) is 9.95. The van der Waals surface area contributed by atoms with Crippen LogP contribution in [0.3, 0.4) is 0 Å². The number of furan rings is 1. The standard InChI is InChI=1S/C12H18BrNOS2/c1-2-4-14-11(10-8-16-6-7-17-10)12-9(13)3-5-15-12/h3,5,10-11,14H,2,4,6-8H2,1H3. The zero-order chi connectivity index (χ0) is 12.1. The van der Waals surface area contributed by atoms with Crippen molar-refractivity contribution in [1.82, 2.24) is 5.32 Å². The lowest BCUT2D eigenvalue weighted by molar-refractivity contribution is 0.409. The minimum atomic E-state index is 0.331. The van der Waals surface area contributed by atoms with Crippen LogP contribution in [0.15, 0.2) is 21.2 Å². The molecule has 0 aliphatic carbocycles. The van der Waals surface area contributed by atoms with Gasteiger partial charge in [0.2, 0.25) is 0 Å². The van der Waals surface area contributed by atoms with Crippen molar-refractivity contribution in [1.29, 1.82) is 0 Å². The highest BCUT2D eigenvalue weighted by molar-refractivity contribution is 9.10. The summed E-state index contributed by atoms with van der Waals surface area (Å²) in [5.74, 6) is 4.79. The molecule has 0 amide bonds. The van der Waals surface area contributed by atoms with Crippen LogP contribution >= 0.6 is 39.5 Å². The fourth-order valence-corrected chi connectivity index (χ4v) is 5.20. The summed E-state index contributed by atoms with van der Waals surface area (Å²) in [4.78, 5) is 0. The Kier molecular flexibility index (Phi) is 5.80. The highest BCUT2D eigenvalue weighted by atomic mass is 79.9. The van der Waals surface area contributed by atoms with Gasteiger partial charge in [0.1, 0.15) is 5.76 Å². The molecule has 2 atom stereocenters. The van der Waals surface area contributed by atoms with Crippen molar-refractivity contribution in [3.05, 3.63) is 22.6 Å². The van der Waals surface area contributed by atoms with Crippen LogP contribution in [-0.4, -0.2) is 29.1 Å². The first kappa shape index (κ1) is 13.8. The van der Waals surface area contributed by atoms with E-state index in [9.17, 15) is 0 Å². The average molecular weight is 336 g/mol. The first-order valence-corrected chi connectivity index (χ1v) is 8.98. The molecule has 2 rings (SSSR count). The van der Waals surface area contributed by atoms with E-state index in [4.69, 9.17) is 4.42 Å². The number of rotatable bonds is 5. The lowest BCUT2D eigenvalue weighted by atomic mass is 10.1. The molecule has 1 aromatic rings. The van der Waals surface area contributed by atoms with Crippen molar-refractivity contribution in [2.75, 3.05) is 23.8 Å². The van der Waals surface area contributed by atoms with E-state index in [1.54, 1.807) is 6.26 Å². The van der Waals surface area contributed by atoms with Gasteiger partial charge in [-0.1, -0.05) is 6.92 Å². The molecule has 2 heterocycles. The van der Waals surface area contributed by atoms with Crippen LogP contribution in [0.2, 0.25) is 0 Å². The monoisotopic (exact) mass is 335 g/mol. The first-order chi connectivity index (χ1) is 8.33. The van der Waals surface area contributed by atoms with Gasteiger partial charge in [0.15, 0.2) is 0 Å². The van der Waals surface area contributed by atoms with Crippen molar-refractivity contribution in [3.63, 3.8) is 0 Å². The molecule has 0 radical (unpaired) electrons. The molecule has 17 heavy (non-hydrogen) atoms. The molecular weight excluding hydrogens is 318 g/mol. The Balaban J connectivity index is 2.09. The average Bonchev–Trinajstić information content (AvgIpc) is 2.78. The Morgan fingerprint density at radius 2 is 2.47 bits per heavy atom. The van der Waals surface area contributed by atoms with Crippen LogP contribution in [0, 0.1) is 0 Å². The van der Waals surface area contributed by atoms with Gasteiger partial charge in [-0.3, -0.25) is 0 Å². The maximum Gasteiger partial charge on any atom is 0.135 e. The summed E-state index contributed by atoms with van der Waals surface area (Å²) in [5.41, 5.74) is 0. The van der Waals surface area contributed by atoms with E-state index in [0.717, 1.165) is 23.2 Å². The summed E-state index contributed by atoms with van der Waals surface area (Å²) in [7, 11) is 0. The summed E-state index contributed by atoms with van der Waals surface area (Å²) in [6.07, 6.45) is 2.92. The third-order valence-corrected chi connectivity index (χ3v) is 6.27. The van der Waals surface area contributed by atoms with Gasteiger partial charge < -0.3 is 9.73 Å². The second-order valence-electron chi connectivity index (χ2n) is 4.05. The smallest absolute Gasteiger partial charge is 0.135 e. The molecule has 0 spiro atoms. The van der Waals surface area contributed by atoms with Gasteiger partial charge in [0.25, 0.3) is 0 Å². The van der Waals surface area contributed by atoms with Crippen LogP contribution in [0.1, 0.15) is 25.1 Å². The lowest BCUT2D eigenvalue weighted by Crippen LogP contribution is -2.34. The lowest BCUT2D eigenvalue weighted by Gasteiger charge is -2.29. The molecule has 0 saturated carbocycles. The van der Waals surface area contributed by atoms with Crippen molar-refractivity contribution >= 4 is 39.5 Å². The number of hydrogen-bond donors (Lipinski definition) is 1. The largest absolute Gasteiger partial charge is 0.466 e. The number of halogens is 1. The van der Waals surface area contributed by atoms with Gasteiger partial charge in [-0.05, 0) is 35.0 Å². The third-order valence-electron chi connectivity index (χ3n) is 2.75. The molecule has 96 valence electrons. The highest BCUT2D eigenvalue weighted by Gasteiger charge is 2.29. The van der Waals surface area contributed by atoms with E-state index < -0.39 is 0 Å². The summed E-state index contributed by atoms with van der Waals surface area (Å²) in [6, 6.07) is 2.31. The zero-order valence-corrected chi connectivity index (χ0v) is 13.2. The molecule has 2 nitrogen and oxygen atoms in total. The van der Waals surface area contributed by atoms with Gasteiger partial charge >= 0.3 is 0 Å². The van der Waals surface area contributed by atoms with Gasteiger partial charge in [-0.15, -0.1) is 0 Å². The van der Waals surface area contributed by atoms with E-state index >= 15 is 0 Å². The van der Waals surface area contributed by atoms with Gasteiger partial charge in [0, 0.05) is 22.5 Å². The number of thioether (sulfide) groups is 2. The topological polar surface area (TPSA) is 25.2 Å². The second-order valence-corrected chi connectivity index (χ2v) is 7.40. The summed E-state index contributed by atoms with van der Waals surface area (Å²) >= 11 is 7.69. The van der Waals surface area contributed by atoms with E-state index in [-0.39, 0.29) is 0 Å². The van der Waals surface area contributed by atoms with Crippen molar-refractivity contribution < 1.29 is 4.42 Å². The number of nitrogens with one attached hydrogen (secondary N) is 1. The molecule has 1 saturated heterocycles. The minimum Gasteiger partial charge on any atom is -0.466 e. The summed E-state index contributed by atoms with van der Waals surface area (Å²) < 4.78 is 6.73. The molecule has 1 fully saturated rings. The van der Waals surface area contributed by atoms with E-state index in [2.05, 4.69) is 51.7 Å². The predicted molar refractivity (Wildman–Crippen MR) is 81.0 cm³/mol. The van der Waals surface area contributed by atoms with Crippen molar-refractivity contribution in [2.24, 2.45) is 0 Å². The fraction of sp³-hybridized carbons (Fsp3) is 0.667. The molecule has 1 aliphatic heterocycles. The molecule has 1 N–H and O–H groups in total. The molecule has 5 heteroatoms. The Morgan fingerprint density at radius 3 is 3.06 bits per heavy atom.